The summed E-state index contributed by atoms with van der Waals surface area (Å²) in [7, 11) is 0. The molecule has 19 heavy (non-hydrogen) atoms. The number of carbonyl (C=O) groups is 2. The fourth-order valence-electron chi connectivity index (χ4n) is 2.92. The van der Waals surface area contributed by atoms with Crippen LogP contribution in [0.15, 0.2) is 12.1 Å². The molecular formula is C13H16N2O3S. The molecule has 2 aliphatic rings. The van der Waals surface area contributed by atoms with Crippen molar-refractivity contribution < 1.29 is 14.7 Å². The summed E-state index contributed by atoms with van der Waals surface area (Å²) >= 11 is 1.33. The van der Waals surface area contributed by atoms with Crippen molar-refractivity contribution in [2.75, 3.05) is 18.0 Å². The molecule has 3 rings (SSSR count). The summed E-state index contributed by atoms with van der Waals surface area (Å²) in [4.78, 5) is 24.9. The number of amides is 1. The van der Waals surface area contributed by atoms with Gasteiger partial charge >= 0.3 is 5.97 Å². The van der Waals surface area contributed by atoms with Crippen molar-refractivity contribution >= 4 is 28.2 Å². The molecule has 3 heterocycles. The quantitative estimate of drug-likeness (QED) is 0.862. The van der Waals surface area contributed by atoms with Gasteiger partial charge in [0, 0.05) is 25.6 Å². The predicted octanol–water partition coefficient (Wildman–Crippen LogP) is 1.55. The molecule has 1 aromatic rings. The highest BCUT2D eigenvalue weighted by atomic mass is 32.1. The number of aromatic carboxylic acids is 1. The normalized spacial score (nSPS) is 26.7. The van der Waals surface area contributed by atoms with E-state index in [0.29, 0.717) is 23.3 Å². The number of thiophene rings is 1. The van der Waals surface area contributed by atoms with Gasteiger partial charge in [0.25, 0.3) is 0 Å². The zero-order valence-corrected chi connectivity index (χ0v) is 11.3. The molecule has 2 saturated heterocycles. The number of nitrogens with zero attached hydrogens (tertiary/aromatic N) is 1. The second-order valence-electron chi connectivity index (χ2n) is 5.15. The maximum atomic E-state index is 11.4. The fraction of sp³-hybridized carbons (Fsp3) is 0.538. The van der Waals surface area contributed by atoms with Gasteiger partial charge in [-0.25, -0.2) is 4.79 Å². The molecule has 2 atom stereocenters. The Kier molecular flexibility index (Phi) is 3.18. The molecule has 6 heteroatoms. The molecule has 0 spiro atoms. The van der Waals surface area contributed by atoms with Gasteiger partial charge in [-0.15, -0.1) is 11.3 Å². The maximum Gasteiger partial charge on any atom is 0.345 e. The van der Waals surface area contributed by atoms with Gasteiger partial charge in [-0.1, -0.05) is 0 Å². The highest BCUT2D eigenvalue weighted by molar-refractivity contribution is 7.17. The molecule has 0 aromatic carbocycles. The van der Waals surface area contributed by atoms with Crippen LogP contribution in [-0.4, -0.2) is 36.1 Å². The van der Waals surface area contributed by atoms with Crippen molar-refractivity contribution in [1.82, 2.24) is 5.32 Å². The molecule has 1 aromatic heterocycles. The van der Waals surface area contributed by atoms with E-state index in [9.17, 15) is 9.59 Å². The van der Waals surface area contributed by atoms with E-state index in [1.54, 1.807) is 6.07 Å². The van der Waals surface area contributed by atoms with Crippen LogP contribution in [0.5, 0.6) is 0 Å². The van der Waals surface area contributed by atoms with E-state index < -0.39 is 5.97 Å². The first-order valence-electron chi connectivity index (χ1n) is 6.51. The maximum absolute atomic E-state index is 11.4. The number of anilines is 1. The lowest BCUT2D eigenvalue weighted by Crippen LogP contribution is -2.53. The van der Waals surface area contributed by atoms with Crippen molar-refractivity contribution in [2.24, 2.45) is 5.92 Å². The van der Waals surface area contributed by atoms with Crippen LogP contribution in [0.25, 0.3) is 0 Å². The van der Waals surface area contributed by atoms with E-state index in [2.05, 4.69) is 10.2 Å². The molecular weight excluding hydrogens is 264 g/mol. The number of nitrogens with one attached hydrogen (secondary N) is 1. The molecule has 0 radical (unpaired) electrons. The lowest BCUT2D eigenvalue weighted by Gasteiger charge is -2.41. The summed E-state index contributed by atoms with van der Waals surface area (Å²) in [5.74, 6) is -0.211. The molecule has 102 valence electrons. The highest BCUT2D eigenvalue weighted by Crippen LogP contribution is 2.32. The molecule has 0 saturated carbocycles. The van der Waals surface area contributed by atoms with Crippen molar-refractivity contribution in [1.29, 1.82) is 0 Å². The van der Waals surface area contributed by atoms with Crippen LogP contribution in [0, 0.1) is 5.92 Å². The van der Waals surface area contributed by atoms with Crippen LogP contribution in [0.1, 0.15) is 28.9 Å². The van der Waals surface area contributed by atoms with Crippen LogP contribution in [0.3, 0.4) is 0 Å². The number of hydrogen-bond donors (Lipinski definition) is 2. The number of carboxylic acids is 1. The van der Waals surface area contributed by atoms with Crippen molar-refractivity contribution in [3.63, 3.8) is 0 Å². The Bertz CT molecular complexity index is 514. The second-order valence-corrected chi connectivity index (χ2v) is 6.21. The summed E-state index contributed by atoms with van der Waals surface area (Å²) in [5, 5.41) is 13.0. The number of hydrogen-bond acceptors (Lipinski definition) is 4. The minimum absolute atomic E-state index is 0.166. The van der Waals surface area contributed by atoms with Crippen LogP contribution in [0.2, 0.25) is 0 Å². The lowest BCUT2D eigenvalue weighted by molar-refractivity contribution is -0.124. The monoisotopic (exact) mass is 280 g/mol. The van der Waals surface area contributed by atoms with Gasteiger partial charge in [0.1, 0.15) is 4.88 Å². The number of carboxylic acid groups (broad SMARTS) is 1. The Morgan fingerprint density at radius 1 is 1.42 bits per heavy atom. The minimum atomic E-state index is -0.865. The average Bonchev–Trinajstić information content (AvgIpc) is 2.88. The molecule has 2 unspecified atom stereocenters. The molecule has 5 nitrogen and oxygen atoms in total. The number of piperidine rings is 2. The largest absolute Gasteiger partial charge is 0.477 e. The molecule has 2 aliphatic heterocycles. The van der Waals surface area contributed by atoms with E-state index in [1.807, 2.05) is 6.07 Å². The Hall–Kier alpha value is -1.56. The van der Waals surface area contributed by atoms with Crippen molar-refractivity contribution in [3.8, 4) is 0 Å². The molecule has 2 fully saturated rings. The average molecular weight is 280 g/mol. The third-order valence-corrected chi connectivity index (χ3v) is 5.07. The van der Waals surface area contributed by atoms with Gasteiger partial charge < -0.3 is 15.3 Å². The lowest BCUT2D eigenvalue weighted by atomic mass is 9.85. The summed E-state index contributed by atoms with van der Waals surface area (Å²) < 4.78 is 0. The molecule has 1 amide bonds. The highest BCUT2D eigenvalue weighted by Gasteiger charge is 2.34. The first kappa shape index (κ1) is 12.5. The Morgan fingerprint density at radius 2 is 2.26 bits per heavy atom. The zero-order chi connectivity index (χ0) is 13.4. The van der Waals surface area contributed by atoms with Crippen LogP contribution in [-0.2, 0) is 4.79 Å². The van der Waals surface area contributed by atoms with Gasteiger partial charge in [-0.05, 0) is 30.9 Å². The van der Waals surface area contributed by atoms with E-state index in [1.165, 1.54) is 11.3 Å². The Balaban J connectivity index is 1.70. The van der Waals surface area contributed by atoms with Crippen LogP contribution < -0.4 is 10.2 Å². The summed E-state index contributed by atoms with van der Waals surface area (Å²) in [6.07, 6.45) is 2.49. The van der Waals surface area contributed by atoms with Crippen molar-refractivity contribution in [3.05, 3.63) is 17.0 Å². The van der Waals surface area contributed by atoms with Crippen LogP contribution >= 0.6 is 11.3 Å². The molecule has 2 N–H and O–H groups in total. The number of rotatable bonds is 2. The van der Waals surface area contributed by atoms with Crippen molar-refractivity contribution in [2.45, 2.75) is 25.3 Å². The van der Waals surface area contributed by atoms with Gasteiger partial charge in [-0.2, -0.15) is 0 Å². The summed E-state index contributed by atoms with van der Waals surface area (Å²) in [5.41, 5.74) is 0. The van der Waals surface area contributed by atoms with E-state index in [0.717, 1.165) is 30.9 Å². The third-order valence-electron chi connectivity index (χ3n) is 3.94. The van der Waals surface area contributed by atoms with E-state index >= 15 is 0 Å². The predicted molar refractivity (Wildman–Crippen MR) is 72.8 cm³/mol. The number of carbonyl (C=O) groups excluding carboxylic acids is 1. The van der Waals surface area contributed by atoms with E-state index in [-0.39, 0.29) is 5.91 Å². The SMILES string of the molecule is O=C1CCC2CN(c3ccc(C(=O)O)s3)CCC2N1. The second kappa shape index (κ2) is 4.85. The van der Waals surface area contributed by atoms with Gasteiger partial charge in [0.15, 0.2) is 0 Å². The first-order valence-corrected chi connectivity index (χ1v) is 7.32. The Morgan fingerprint density at radius 3 is 3.00 bits per heavy atom. The standard InChI is InChI=1S/C13H16N2O3S/c16-11-3-1-8-7-15(6-5-9(8)14-11)12-4-2-10(19-12)13(17)18/h2,4,8-9H,1,3,5-7H2,(H,14,16)(H,17,18). The minimum Gasteiger partial charge on any atom is -0.477 e. The summed E-state index contributed by atoms with van der Waals surface area (Å²) in [6.45, 7) is 1.78. The Labute approximate surface area is 115 Å². The first-order chi connectivity index (χ1) is 9.13. The smallest absolute Gasteiger partial charge is 0.345 e. The zero-order valence-electron chi connectivity index (χ0n) is 10.5. The third kappa shape index (κ3) is 2.45. The fourth-order valence-corrected chi connectivity index (χ4v) is 3.80. The van der Waals surface area contributed by atoms with Gasteiger partial charge in [0.2, 0.25) is 5.91 Å². The van der Waals surface area contributed by atoms with Crippen LogP contribution in [0.4, 0.5) is 5.00 Å². The molecule has 0 bridgehead atoms. The summed E-state index contributed by atoms with van der Waals surface area (Å²) in [6, 6.07) is 3.85. The molecule has 0 aliphatic carbocycles. The van der Waals surface area contributed by atoms with E-state index in [4.69, 9.17) is 5.11 Å². The topological polar surface area (TPSA) is 69.6 Å². The van der Waals surface area contributed by atoms with Gasteiger partial charge in [-0.3, -0.25) is 4.79 Å². The van der Waals surface area contributed by atoms with Gasteiger partial charge in [0.05, 0.1) is 5.00 Å². The number of fused-ring (bicyclic) bond motifs is 1.